The van der Waals surface area contributed by atoms with Gasteiger partial charge in [-0.3, -0.25) is 4.79 Å². The van der Waals surface area contributed by atoms with Crippen LogP contribution in [-0.4, -0.2) is 42.2 Å². The van der Waals surface area contributed by atoms with Crippen molar-refractivity contribution < 1.29 is 23.8 Å². The third kappa shape index (κ3) is 2.82. The Kier molecular flexibility index (Phi) is 3.96. The summed E-state index contributed by atoms with van der Waals surface area (Å²) in [4.78, 5) is 12.6. The highest BCUT2D eigenvalue weighted by Crippen LogP contribution is 2.33. The van der Waals surface area contributed by atoms with Gasteiger partial charge >= 0.3 is 0 Å². The molecule has 0 saturated carbocycles. The van der Waals surface area contributed by atoms with Crippen LogP contribution in [0.3, 0.4) is 0 Å². The van der Waals surface area contributed by atoms with Crippen LogP contribution in [0.4, 0.5) is 20.2 Å². The number of nitrogens with zero attached hydrogens (tertiary/aromatic N) is 1. The number of fused-ring (bicyclic) bond motifs is 1. The van der Waals surface area contributed by atoms with Crippen LogP contribution in [0.25, 0.3) is 0 Å². The molecule has 1 aromatic carbocycles. The molecule has 0 bridgehead atoms. The molecule has 7 heteroatoms. The van der Waals surface area contributed by atoms with Crippen molar-refractivity contribution in [1.29, 1.82) is 0 Å². The highest BCUT2D eigenvalue weighted by Gasteiger charge is 2.29. The number of hydrogen-bond donors (Lipinski definition) is 3. The van der Waals surface area contributed by atoms with Gasteiger partial charge in [0.15, 0.2) is 6.10 Å². The molecule has 0 fully saturated rings. The third-order valence-corrected chi connectivity index (χ3v) is 2.93. The van der Waals surface area contributed by atoms with E-state index in [1.54, 1.807) is 6.07 Å². The molecule has 1 amide bonds. The monoisotopic (exact) mass is 272 g/mol. The lowest BCUT2D eigenvalue weighted by atomic mass is 10.1. The Labute approximate surface area is 108 Å². The second-order valence-electron chi connectivity index (χ2n) is 4.22. The summed E-state index contributed by atoms with van der Waals surface area (Å²) in [6.45, 7) is -0.686. The molecule has 1 aliphatic heterocycles. The summed E-state index contributed by atoms with van der Waals surface area (Å²) in [5.41, 5.74) is 1.30. The highest BCUT2D eigenvalue weighted by molar-refractivity contribution is 6.02. The summed E-state index contributed by atoms with van der Waals surface area (Å²) in [7, 11) is 0. The molecule has 104 valence electrons. The van der Waals surface area contributed by atoms with E-state index in [4.69, 9.17) is 5.11 Å². The first-order valence-corrected chi connectivity index (χ1v) is 5.79. The zero-order valence-corrected chi connectivity index (χ0v) is 10.0. The molecule has 0 aliphatic carbocycles. The number of alkyl halides is 2. The number of halogens is 2. The van der Waals surface area contributed by atoms with E-state index in [0.717, 1.165) is 0 Å². The molecule has 1 atom stereocenters. The second-order valence-corrected chi connectivity index (χ2v) is 4.22. The number of rotatable bonds is 5. The first kappa shape index (κ1) is 13.7. The van der Waals surface area contributed by atoms with Crippen molar-refractivity contribution >= 4 is 17.3 Å². The molecule has 0 saturated heterocycles. The average Bonchev–Trinajstić information content (AvgIpc) is 2.63. The standard InChI is InChI=1S/C12H14F2N2O3/c13-10(14)6-16(3-4-17)7-1-2-8-9(5-7)15-12(19)11(8)18/h1-2,5,10-11,17-18H,3-4,6H2,(H,15,19). The Morgan fingerprint density at radius 1 is 1.42 bits per heavy atom. The van der Waals surface area contributed by atoms with Gasteiger partial charge in [0.05, 0.1) is 13.2 Å². The van der Waals surface area contributed by atoms with Gasteiger partial charge in [-0.2, -0.15) is 0 Å². The fourth-order valence-electron chi connectivity index (χ4n) is 2.04. The summed E-state index contributed by atoms with van der Waals surface area (Å²) in [5, 5.41) is 20.9. The summed E-state index contributed by atoms with van der Waals surface area (Å²) in [5.74, 6) is -0.533. The number of nitrogens with one attached hydrogen (secondary N) is 1. The average molecular weight is 272 g/mol. The molecular formula is C12H14F2N2O3. The molecule has 3 N–H and O–H groups in total. The Morgan fingerprint density at radius 2 is 2.16 bits per heavy atom. The first-order valence-electron chi connectivity index (χ1n) is 5.79. The number of aliphatic hydroxyl groups is 2. The van der Waals surface area contributed by atoms with Crippen molar-refractivity contribution in [2.24, 2.45) is 0 Å². The molecule has 1 unspecified atom stereocenters. The van der Waals surface area contributed by atoms with Gasteiger partial charge in [0.1, 0.15) is 0 Å². The number of carbonyl (C=O) groups is 1. The van der Waals surface area contributed by atoms with Crippen molar-refractivity contribution in [3.05, 3.63) is 23.8 Å². The van der Waals surface area contributed by atoms with Crippen LogP contribution in [0.1, 0.15) is 11.7 Å². The minimum absolute atomic E-state index is 0.0691. The van der Waals surface area contributed by atoms with Crippen LogP contribution >= 0.6 is 0 Å². The maximum atomic E-state index is 12.5. The maximum absolute atomic E-state index is 12.5. The molecule has 2 rings (SSSR count). The van der Waals surface area contributed by atoms with Gasteiger partial charge in [-0.05, 0) is 12.1 Å². The number of anilines is 2. The van der Waals surface area contributed by atoms with Gasteiger partial charge in [-0.1, -0.05) is 6.07 Å². The van der Waals surface area contributed by atoms with Gasteiger partial charge in [-0.15, -0.1) is 0 Å². The van der Waals surface area contributed by atoms with Crippen molar-refractivity contribution in [2.75, 3.05) is 29.9 Å². The zero-order chi connectivity index (χ0) is 14.0. The highest BCUT2D eigenvalue weighted by atomic mass is 19.3. The number of aliphatic hydroxyl groups excluding tert-OH is 2. The van der Waals surface area contributed by atoms with E-state index in [2.05, 4.69) is 5.32 Å². The van der Waals surface area contributed by atoms with E-state index in [0.29, 0.717) is 16.9 Å². The van der Waals surface area contributed by atoms with E-state index in [9.17, 15) is 18.7 Å². The van der Waals surface area contributed by atoms with Crippen LogP contribution in [-0.2, 0) is 4.79 Å². The summed E-state index contributed by atoms with van der Waals surface area (Å²) >= 11 is 0. The lowest BCUT2D eigenvalue weighted by molar-refractivity contribution is -0.123. The fraction of sp³-hybridized carbons (Fsp3) is 0.417. The molecular weight excluding hydrogens is 258 g/mol. The Balaban J connectivity index is 2.25. The Bertz CT molecular complexity index is 482. The first-order chi connectivity index (χ1) is 9.02. The lowest BCUT2D eigenvalue weighted by Gasteiger charge is -2.24. The van der Waals surface area contributed by atoms with Gasteiger partial charge in [0.2, 0.25) is 0 Å². The lowest BCUT2D eigenvalue weighted by Crippen LogP contribution is -2.31. The van der Waals surface area contributed by atoms with Gasteiger partial charge < -0.3 is 20.4 Å². The molecule has 1 aliphatic rings. The normalized spacial score (nSPS) is 17.5. The molecule has 0 aromatic heterocycles. The zero-order valence-electron chi connectivity index (χ0n) is 10.0. The van der Waals surface area contributed by atoms with Crippen molar-refractivity contribution in [2.45, 2.75) is 12.5 Å². The van der Waals surface area contributed by atoms with E-state index < -0.39 is 25.0 Å². The van der Waals surface area contributed by atoms with E-state index in [1.807, 2.05) is 0 Å². The molecule has 0 radical (unpaired) electrons. The summed E-state index contributed by atoms with van der Waals surface area (Å²) in [6, 6.07) is 4.57. The molecule has 5 nitrogen and oxygen atoms in total. The largest absolute Gasteiger partial charge is 0.395 e. The predicted octanol–water partition coefficient (Wildman–Crippen LogP) is 0.736. The minimum atomic E-state index is -2.53. The van der Waals surface area contributed by atoms with Crippen molar-refractivity contribution in [3.63, 3.8) is 0 Å². The van der Waals surface area contributed by atoms with E-state index >= 15 is 0 Å². The third-order valence-electron chi connectivity index (χ3n) is 2.93. The molecule has 1 aromatic rings. The van der Waals surface area contributed by atoms with Crippen LogP contribution < -0.4 is 10.2 Å². The Morgan fingerprint density at radius 3 is 2.79 bits per heavy atom. The van der Waals surface area contributed by atoms with Crippen LogP contribution in [0.5, 0.6) is 0 Å². The number of carbonyl (C=O) groups excluding carboxylic acids is 1. The SMILES string of the molecule is O=C1Nc2cc(N(CCO)CC(F)F)ccc2C1O. The maximum Gasteiger partial charge on any atom is 0.257 e. The van der Waals surface area contributed by atoms with Crippen LogP contribution in [0.2, 0.25) is 0 Å². The van der Waals surface area contributed by atoms with Gasteiger partial charge in [0.25, 0.3) is 12.3 Å². The second kappa shape index (κ2) is 5.50. The van der Waals surface area contributed by atoms with Crippen LogP contribution in [0.15, 0.2) is 18.2 Å². The Hall–Kier alpha value is -1.73. The van der Waals surface area contributed by atoms with Crippen molar-refractivity contribution in [3.8, 4) is 0 Å². The number of amides is 1. The van der Waals surface area contributed by atoms with E-state index in [1.165, 1.54) is 17.0 Å². The fourth-order valence-corrected chi connectivity index (χ4v) is 2.04. The minimum Gasteiger partial charge on any atom is -0.395 e. The quantitative estimate of drug-likeness (QED) is 0.739. The van der Waals surface area contributed by atoms with E-state index in [-0.39, 0.29) is 13.2 Å². The smallest absolute Gasteiger partial charge is 0.257 e. The predicted molar refractivity (Wildman–Crippen MR) is 65.3 cm³/mol. The van der Waals surface area contributed by atoms with Crippen molar-refractivity contribution in [1.82, 2.24) is 0 Å². The topological polar surface area (TPSA) is 72.8 Å². The summed E-state index contributed by atoms with van der Waals surface area (Å²) < 4.78 is 24.9. The van der Waals surface area contributed by atoms with Crippen LogP contribution in [0, 0.1) is 0 Å². The van der Waals surface area contributed by atoms with Gasteiger partial charge in [0, 0.05) is 23.5 Å². The number of benzene rings is 1. The molecule has 0 spiro atoms. The van der Waals surface area contributed by atoms with Gasteiger partial charge in [-0.25, -0.2) is 8.78 Å². The number of hydrogen-bond acceptors (Lipinski definition) is 4. The molecule has 19 heavy (non-hydrogen) atoms. The molecule has 1 heterocycles. The summed E-state index contributed by atoms with van der Waals surface area (Å²) in [6.07, 6.45) is -3.74.